The van der Waals surface area contributed by atoms with E-state index in [2.05, 4.69) is 25.9 Å². The van der Waals surface area contributed by atoms with Crippen molar-refractivity contribution in [2.24, 2.45) is 0 Å². The number of sulfonamides is 1. The highest BCUT2D eigenvalue weighted by Crippen LogP contribution is 2.27. The Kier molecular flexibility index (Phi) is 4.07. The summed E-state index contributed by atoms with van der Waals surface area (Å²) in [5.74, 6) is 0. The molecule has 0 amide bonds. The van der Waals surface area contributed by atoms with Crippen LogP contribution in [0, 0.1) is 0 Å². The van der Waals surface area contributed by atoms with Gasteiger partial charge < -0.3 is 0 Å². The van der Waals surface area contributed by atoms with Crippen LogP contribution in [0.15, 0.2) is 46.2 Å². The molecule has 0 aliphatic carbocycles. The van der Waals surface area contributed by atoms with Crippen LogP contribution < -0.4 is 4.31 Å². The van der Waals surface area contributed by atoms with Gasteiger partial charge in [0.05, 0.1) is 11.9 Å². The first kappa shape index (κ1) is 14.2. The van der Waals surface area contributed by atoms with Gasteiger partial charge in [0.1, 0.15) is 10.0 Å². The Hall–Kier alpha value is -1.18. The van der Waals surface area contributed by atoms with Crippen LogP contribution in [0.4, 0.5) is 5.69 Å². The highest BCUT2D eigenvalue weighted by molar-refractivity contribution is 9.10. The largest absolute Gasteiger partial charge is 0.268 e. The quantitative estimate of drug-likeness (QED) is 0.788. The number of hydrogen-bond acceptors (Lipinski definition) is 4. The summed E-state index contributed by atoms with van der Waals surface area (Å²) in [4.78, 5) is 7.65. The van der Waals surface area contributed by atoms with Crippen molar-refractivity contribution in [3.8, 4) is 0 Å². The van der Waals surface area contributed by atoms with Gasteiger partial charge in [-0.05, 0) is 34.1 Å². The van der Waals surface area contributed by atoms with Crippen LogP contribution in [0.25, 0.3) is 0 Å². The Balaban J connectivity index is 2.51. The standard InChI is InChI=1S/C11H9BrClN3O2S/c1-16(9-3-2-4-14-7-9)19(17,18)10-5-8(12)6-15-11(10)13/h2-7H,1H3. The molecule has 0 saturated heterocycles. The average Bonchev–Trinajstić information content (AvgIpc) is 2.41. The van der Waals surface area contributed by atoms with Crippen molar-refractivity contribution < 1.29 is 8.42 Å². The van der Waals surface area contributed by atoms with Gasteiger partial charge in [-0.2, -0.15) is 0 Å². The van der Waals surface area contributed by atoms with Gasteiger partial charge in [0.2, 0.25) is 0 Å². The van der Waals surface area contributed by atoms with Crippen molar-refractivity contribution in [3.63, 3.8) is 0 Å². The summed E-state index contributed by atoms with van der Waals surface area (Å²) in [7, 11) is -2.34. The third-order valence-electron chi connectivity index (χ3n) is 2.42. The molecule has 100 valence electrons. The Morgan fingerprint density at radius 3 is 2.74 bits per heavy atom. The number of anilines is 1. The molecule has 0 spiro atoms. The molecule has 0 radical (unpaired) electrons. The van der Waals surface area contributed by atoms with Crippen molar-refractivity contribution in [3.05, 3.63) is 46.4 Å². The minimum Gasteiger partial charge on any atom is -0.268 e. The minimum absolute atomic E-state index is 0.0603. The van der Waals surface area contributed by atoms with Crippen LogP contribution in [-0.4, -0.2) is 25.4 Å². The number of nitrogens with zero attached hydrogens (tertiary/aromatic N) is 3. The molecule has 5 nitrogen and oxygen atoms in total. The Morgan fingerprint density at radius 1 is 1.37 bits per heavy atom. The van der Waals surface area contributed by atoms with Gasteiger partial charge in [-0.3, -0.25) is 9.29 Å². The molecule has 0 bridgehead atoms. The van der Waals surface area contributed by atoms with E-state index in [1.54, 1.807) is 18.3 Å². The number of aromatic nitrogens is 2. The van der Waals surface area contributed by atoms with Gasteiger partial charge >= 0.3 is 0 Å². The first-order chi connectivity index (χ1) is 8.93. The monoisotopic (exact) mass is 361 g/mol. The van der Waals surface area contributed by atoms with Crippen molar-refractivity contribution in [2.75, 3.05) is 11.4 Å². The molecule has 0 unspecified atom stereocenters. The molecule has 0 N–H and O–H groups in total. The molecule has 0 saturated carbocycles. The zero-order valence-corrected chi connectivity index (χ0v) is 12.9. The predicted octanol–water partition coefficient (Wildman–Crippen LogP) is 2.72. The molecule has 0 aliphatic heterocycles. The second-order valence-corrected chi connectivity index (χ2v) is 6.84. The Labute approximate surface area is 124 Å². The van der Waals surface area contributed by atoms with E-state index in [0.717, 1.165) is 4.31 Å². The highest BCUT2D eigenvalue weighted by atomic mass is 79.9. The van der Waals surface area contributed by atoms with Crippen LogP contribution in [0.3, 0.4) is 0 Å². The number of halogens is 2. The average molecular weight is 363 g/mol. The fourth-order valence-electron chi connectivity index (χ4n) is 1.41. The molecule has 0 aromatic carbocycles. The summed E-state index contributed by atoms with van der Waals surface area (Å²) in [6.45, 7) is 0. The highest BCUT2D eigenvalue weighted by Gasteiger charge is 2.25. The molecule has 2 heterocycles. The molecular weight excluding hydrogens is 354 g/mol. The van der Waals surface area contributed by atoms with Crippen LogP contribution in [0.1, 0.15) is 0 Å². The first-order valence-electron chi connectivity index (χ1n) is 5.13. The fourth-order valence-corrected chi connectivity index (χ4v) is 3.51. The van der Waals surface area contributed by atoms with Crippen molar-refractivity contribution >= 4 is 43.2 Å². The second-order valence-electron chi connectivity index (χ2n) is 3.63. The summed E-state index contributed by atoms with van der Waals surface area (Å²) >= 11 is 9.04. The first-order valence-corrected chi connectivity index (χ1v) is 7.74. The maximum atomic E-state index is 12.5. The number of pyridine rings is 2. The normalized spacial score (nSPS) is 11.3. The van der Waals surface area contributed by atoms with E-state index in [4.69, 9.17) is 11.6 Å². The molecule has 19 heavy (non-hydrogen) atoms. The SMILES string of the molecule is CN(c1cccnc1)S(=O)(=O)c1cc(Br)cnc1Cl. The second kappa shape index (κ2) is 5.44. The Morgan fingerprint density at radius 2 is 2.11 bits per heavy atom. The summed E-state index contributed by atoms with van der Waals surface area (Å²) in [5, 5.41) is -0.0704. The molecule has 2 aromatic heterocycles. The summed E-state index contributed by atoms with van der Waals surface area (Å²) in [6, 6.07) is 4.71. The smallest absolute Gasteiger partial charge is 0.267 e. The molecule has 0 fully saturated rings. The van der Waals surface area contributed by atoms with E-state index in [0.29, 0.717) is 10.2 Å². The third kappa shape index (κ3) is 2.88. The van der Waals surface area contributed by atoms with Crippen LogP contribution in [-0.2, 0) is 10.0 Å². The van der Waals surface area contributed by atoms with E-state index in [1.807, 2.05) is 0 Å². The van der Waals surface area contributed by atoms with E-state index in [9.17, 15) is 8.42 Å². The van der Waals surface area contributed by atoms with Crippen LogP contribution in [0.5, 0.6) is 0 Å². The maximum Gasteiger partial charge on any atom is 0.267 e. The van der Waals surface area contributed by atoms with Gasteiger partial charge in [-0.1, -0.05) is 11.6 Å². The lowest BCUT2D eigenvalue weighted by Crippen LogP contribution is -2.27. The van der Waals surface area contributed by atoms with E-state index >= 15 is 0 Å². The van der Waals surface area contributed by atoms with Gasteiger partial charge in [-0.15, -0.1) is 0 Å². The van der Waals surface area contributed by atoms with Gasteiger partial charge in [-0.25, -0.2) is 13.4 Å². The van der Waals surface area contributed by atoms with Gasteiger partial charge in [0.25, 0.3) is 10.0 Å². The van der Waals surface area contributed by atoms with Gasteiger partial charge in [0, 0.05) is 23.9 Å². The zero-order chi connectivity index (χ0) is 14.0. The molecule has 8 heteroatoms. The predicted molar refractivity (Wildman–Crippen MR) is 76.8 cm³/mol. The van der Waals surface area contributed by atoms with Crippen molar-refractivity contribution in [2.45, 2.75) is 4.90 Å². The van der Waals surface area contributed by atoms with Crippen molar-refractivity contribution in [1.82, 2.24) is 9.97 Å². The lowest BCUT2D eigenvalue weighted by molar-refractivity contribution is 0.594. The molecule has 0 aliphatic rings. The van der Waals surface area contributed by atoms with Gasteiger partial charge in [0.15, 0.2) is 0 Å². The minimum atomic E-state index is -3.78. The topological polar surface area (TPSA) is 63.2 Å². The Bertz CT molecular complexity index is 694. The number of hydrogen-bond donors (Lipinski definition) is 0. The maximum absolute atomic E-state index is 12.5. The third-order valence-corrected chi connectivity index (χ3v) is 5.07. The number of rotatable bonds is 3. The molecule has 0 atom stereocenters. The lowest BCUT2D eigenvalue weighted by atomic mass is 10.4. The van der Waals surface area contributed by atoms with E-state index < -0.39 is 10.0 Å². The summed E-state index contributed by atoms with van der Waals surface area (Å²) < 4.78 is 26.6. The summed E-state index contributed by atoms with van der Waals surface area (Å²) in [6.07, 6.45) is 4.46. The fraction of sp³-hybridized carbons (Fsp3) is 0.0909. The van der Waals surface area contributed by atoms with Crippen LogP contribution >= 0.6 is 27.5 Å². The van der Waals surface area contributed by atoms with Crippen LogP contribution in [0.2, 0.25) is 5.15 Å². The molecular formula is C11H9BrClN3O2S. The van der Waals surface area contributed by atoms with E-state index in [-0.39, 0.29) is 10.0 Å². The molecule has 2 rings (SSSR count). The summed E-state index contributed by atoms with van der Waals surface area (Å²) in [5.41, 5.74) is 0.443. The van der Waals surface area contributed by atoms with E-state index in [1.165, 1.54) is 25.5 Å². The van der Waals surface area contributed by atoms with Crippen molar-refractivity contribution in [1.29, 1.82) is 0 Å². The molecule has 2 aromatic rings. The lowest BCUT2D eigenvalue weighted by Gasteiger charge is -2.19. The zero-order valence-electron chi connectivity index (χ0n) is 9.79.